The SMILES string of the molecule is C=CCCOC(=O)c1ccc(C(=O)OCCCCCC)cc1. The Morgan fingerprint density at radius 1 is 0.955 bits per heavy atom. The summed E-state index contributed by atoms with van der Waals surface area (Å²) in [5.41, 5.74) is 0.863. The molecule has 0 aliphatic carbocycles. The summed E-state index contributed by atoms with van der Waals surface area (Å²) < 4.78 is 10.2. The molecule has 0 bridgehead atoms. The van der Waals surface area contributed by atoms with Crippen molar-refractivity contribution in [1.29, 1.82) is 0 Å². The molecule has 0 heterocycles. The topological polar surface area (TPSA) is 52.6 Å². The van der Waals surface area contributed by atoms with E-state index in [1.165, 1.54) is 0 Å². The van der Waals surface area contributed by atoms with Crippen LogP contribution in [0.1, 0.15) is 59.7 Å². The molecule has 120 valence electrons. The maximum Gasteiger partial charge on any atom is 0.338 e. The van der Waals surface area contributed by atoms with Crippen molar-refractivity contribution >= 4 is 11.9 Å². The second-order valence-electron chi connectivity index (χ2n) is 4.99. The number of carbonyl (C=O) groups excluding carboxylic acids is 2. The first-order chi connectivity index (χ1) is 10.7. The van der Waals surface area contributed by atoms with Gasteiger partial charge in [-0.1, -0.05) is 32.3 Å². The zero-order chi connectivity index (χ0) is 16.2. The Bertz CT molecular complexity index is 476. The molecule has 0 fully saturated rings. The molecule has 0 unspecified atom stereocenters. The van der Waals surface area contributed by atoms with E-state index in [0.717, 1.165) is 25.7 Å². The van der Waals surface area contributed by atoms with E-state index in [0.29, 0.717) is 30.8 Å². The zero-order valence-electron chi connectivity index (χ0n) is 13.2. The van der Waals surface area contributed by atoms with E-state index >= 15 is 0 Å². The summed E-state index contributed by atoms with van der Waals surface area (Å²) in [4.78, 5) is 23.5. The van der Waals surface area contributed by atoms with Gasteiger partial charge in [-0.25, -0.2) is 9.59 Å². The van der Waals surface area contributed by atoms with E-state index in [1.807, 2.05) is 0 Å². The number of rotatable bonds is 10. The van der Waals surface area contributed by atoms with Crippen molar-refractivity contribution < 1.29 is 19.1 Å². The Balaban J connectivity index is 2.41. The van der Waals surface area contributed by atoms with Crippen molar-refractivity contribution in [2.24, 2.45) is 0 Å². The predicted octanol–water partition coefficient (Wildman–Crippen LogP) is 4.16. The van der Waals surface area contributed by atoms with Gasteiger partial charge in [0.25, 0.3) is 0 Å². The van der Waals surface area contributed by atoms with Crippen LogP contribution in [0.15, 0.2) is 36.9 Å². The molecule has 4 heteroatoms. The number of carbonyl (C=O) groups is 2. The summed E-state index contributed by atoms with van der Waals surface area (Å²) in [6.07, 6.45) is 6.56. The average Bonchev–Trinajstić information content (AvgIpc) is 2.54. The highest BCUT2D eigenvalue weighted by Gasteiger charge is 2.10. The van der Waals surface area contributed by atoms with Crippen molar-refractivity contribution in [2.45, 2.75) is 39.0 Å². The Morgan fingerprint density at radius 2 is 1.50 bits per heavy atom. The van der Waals surface area contributed by atoms with Gasteiger partial charge < -0.3 is 9.47 Å². The van der Waals surface area contributed by atoms with E-state index in [9.17, 15) is 9.59 Å². The summed E-state index contributed by atoms with van der Waals surface area (Å²) in [6.45, 7) is 6.44. The number of hydrogen-bond donors (Lipinski definition) is 0. The average molecular weight is 304 g/mol. The first-order valence-corrected chi connectivity index (χ1v) is 7.74. The summed E-state index contributed by atoms with van der Waals surface area (Å²) in [5.74, 6) is -0.760. The molecular formula is C18H24O4. The van der Waals surface area contributed by atoms with Crippen molar-refractivity contribution in [3.05, 3.63) is 48.0 Å². The van der Waals surface area contributed by atoms with Crippen molar-refractivity contribution in [3.8, 4) is 0 Å². The largest absolute Gasteiger partial charge is 0.462 e. The van der Waals surface area contributed by atoms with Crippen molar-refractivity contribution in [2.75, 3.05) is 13.2 Å². The fourth-order valence-corrected chi connectivity index (χ4v) is 1.84. The van der Waals surface area contributed by atoms with Crippen LogP contribution in [0.3, 0.4) is 0 Å². The van der Waals surface area contributed by atoms with Gasteiger partial charge in [0, 0.05) is 0 Å². The molecule has 0 radical (unpaired) electrons. The van der Waals surface area contributed by atoms with Crippen LogP contribution in [-0.2, 0) is 9.47 Å². The maximum absolute atomic E-state index is 11.8. The standard InChI is InChI=1S/C18H24O4/c1-3-5-7-8-14-22-18(20)16-11-9-15(10-12-16)17(19)21-13-6-4-2/h4,9-12H,2-3,5-8,13-14H2,1H3. The summed E-state index contributed by atoms with van der Waals surface area (Å²) in [6, 6.07) is 6.31. The Hall–Kier alpha value is -2.10. The molecule has 1 aromatic carbocycles. The molecule has 0 amide bonds. The molecule has 0 aliphatic heterocycles. The molecule has 1 rings (SSSR count). The van der Waals surface area contributed by atoms with Crippen LogP contribution in [0.2, 0.25) is 0 Å². The first kappa shape index (κ1) is 18.0. The van der Waals surface area contributed by atoms with Crippen LogP contribution in [0.5, 0.6) is 0 Å². The van der Waals surface area contributed by atoms with Gasteiger partial charge in [0.05, 0.1) is 24.3 Å². The third-order valence-corrected chi connectivity index (χ3v) is 3.14. The van der Waals surface area contributed by atoms with Crippen LogP contribution < -0.4 is 0 Å². The van der Waals surface area contributed by atoms with E-state index in [2.05, 4.69) is 13.5 Å². The van der Waals surface area contributed by atoms with E-state index in [1.54, 1.807) is 30.3 Å². The molecular weight excluding hydrogens is 280 g/mol. The smallest absolute Gasteiger partial charge is 0.338 e. The van der Waals surface area contributed by atoms with E-state index in [4.69, 9.17) is 9.47 Å². The fraction of sp³-hybridized carbons (Fsp3) is 0.444. The Labute approximate surface area is 132 Å². The Kier molecular flexibility index (Phi) is 8.65. The number of ether oxygens (including phenoxy) is 2. The van der Waals surface area contributed by atoms with Crippen LogP contribution in [0.4, 0.5) is 0 Å². The third-order valence-electron chi connectivity index (χ3n) is 3.14. The predicted molar refractivity (Wildman–Crippen MR) is 86.0 cm³/mol. The minimum Gasteiger partial charge on any atom is -0.462 e. The number of benzene rings is 1. The molecule has 22 heavy (non-hydrogen) atoms. The lowest BCUT2D eigenvalue weighted by Crippen LogP contribution is -2.09. The first-order valence-electron chi connectivity index (χ1n) is 7.74. The lowest BCUT2D eigenvalue weighted by atomic mass is 10.1. The normalized spacial score (nSPS) is 10.0. The van der Waals surface area contributed by atoms with Crippen LogP contribution in [-0.4, -0.2) is 25.2 Å². The van der Waals surface area contributed by atoms with Gasteiger partial charge >= 0.3 is 11.9 Å². The molecule has 0 N–H and O–H groups in total. The number of unbranched alkanes of at least 4 members (excludes halogenated alkanes) is 3. The van der Waals surface area contributed by atoms with Gasteiger partial charge in [-0.15, -0.1) is 6.58 Å². The van der Waals surface area contributed by atoms with Crippen molar-refractivity contribution in [1.82, 2.24) is 0 Å². The lowest BCUT2D eigenvalue weighted by molar-refractivity contribution is 0.0488. The van der Waals surface area contributed by atoms with Crippen LogP contribution >= 0.6 is 0 Å². The molecule has 0 saturated carbocycles. The Morgan fingerprint density at radius 3 is 2.00 bits per heavy atom. The van der Waals surface area contributed by atoms with Gasteiger partial charge in [-0.3, -0.25) is 0 Å². The van der Waals surface area contributed by atoms with E-state index < -0.39 is 5.97 Å². The number of esters is 2. The lowest BCUT2D eigenvalue weighted by Gasteiger charge is -2.06. The fourth-order valence-electron chi connectivity index (χ4n) is 1.84. The van der Waals surface area contributed by atoms with Gasteiger partial charge in [0.15, 0.2) is 0 Å². The number of hydrogen-bond acceptors (Lipinski definition) is 4. The summed E-state index contributed by atoms with van der Waals surface area (Å²) in [5, 5.41) is 0. The summed E-state index contributed by atoms with van der Waals surface area (Å²) >= 11 is 0. The molecule has 0 atom stereocenters. The quantitative estimate of drug-likeness (QED) is 0.370. The van der Waals surface area contributed by atoms with Crippen molar-refractivity contribution in [3.63, 3.8) is 0 Å². The van der Waals surface area contributed by atoms with Crippen LogP contribution in [0, 0.1) is 0 Å². The highest BCUT2D eigenvalue weighted by molar-refractivity contribution is 5.93. The second-order valence-corrected chi connectivity index (χ2v) is 4.99. The molecule has 0 saturated heterocycles. The van der Waals surface area contributed by atoms with Gasteiger partial charge in [0.2, 0.25) is 0 Å². The van der Waals surface area contributed by atoms with Crippen LogP contribution in [0.25, 0.3) is 0 Å². The maximum atomic E-state index is 11.8. The molecule has 1 aromatic rings. The minimum atomic E-state index is -0.402. The second kappa shape index (κ2) is 10.6. The molecule has 4 nitrogen and oxygen atoms in total. The molecule has 0 spiro atoms. The third kappa shape index (κ3) is 6.57. The monoisotopic (exact) mass is 304 g/mol. The van der Waals surface area contributed by atoms with Gasteiger partial charge in [0.1, 0.15) is 0 Å². The minimum absolute atomic E-state index is 0.309. The summed E-state index contributed by atoms with van der Waals surface area (Å²) in [7, 11) is 0. The highest BCUT2D eigenvalue weighted by Crippen LogP contribution is 2.08. The zero-order valence-corrected chi connectivity index (χ0v) is 13.2. The van der Waals surface area contributed by atoms with E-state index in [-0.39, 0.29) is 5.97 Å². The van der Waals surface area contributed by atoms with Gasteiger partial charge in [-0.05, 0) is 37.1 Å². The van der Waals surface area contributed by atoms with Gasteiger partial charge in [-0.2, -0.15) is 0 Å². The molecule has 0 aliphatic rings. The highest BCUT2D eigenvalue weighted by atomic mass is 16.5. The molecule has 0 aromatic heterocycles.